The Hall–Kier alpha value is -0.480. The van der Waals surface area contributed by atoms with Crippen molar-refractivity contribution in [2.24, 2.45) is 5.73 Å². The highest BCUT2D eigenvalue weighted by Crippen LogP contribution is 2.27. The van der Waals surface area contributed by atoms with Crippen LogP contribution in [0.5, 0.6) is 0 Å². The van der Waals surface area contributed by atoms with Gasteiger partial charge in [0.05, 0.1) is 4.47 Å². The third-order valence-electron chi connectivity index (χ3n) is 1.53. The van der Waals surface area contributed by atoms with Gasteiger partial charge in [0.2, 0.25) is 0 Å². The van der Waals surface area contributed by atoms with Gasteiger partial charge in [-0.3, -0.25) is 0 Å². The Labute approximate surface area is 77.7 Å². The number of benzene rings is 1. The van der Waals surface area contributed by atoms with Gasteiger partial charge in [0, 0.05) is 11.6 Å². The summed E-state index contributed by atoms with van der Waals surface area (Å²) >= 11 is 2.94. The molecule has 0 fully saturated rings. The molecule has 1 aromatic rings. The predicted octanol–water partition coefficient (Wildman–Crippen LogP) is 2.75. The molecule has 0 heterocycles. The highest BCUT2D eigenvalue weighted by Gasteiger charge is 2.14. The van der Waals surface area contributed by atoms with Gasteiger partial charge in [-0.1, -0.05) is 0 Å². The summed E-state index contributed by atoms with van der Waals surface area (Å²) < 4.78 is 26.0. The molecule has 12 heavy (non-hydrogen) atoms. The minimum Gasteiger partial charge on any atom is -0.324 e. The standard InChI is InChI=1S/C8H8BrF2N/c1-4(12)7-5(10)2-3-6(11)8(7)9/h2-4H,12H2,1H3. The molecule has 1 aromatic carbocycles. The second-order valence-corrected chi connectivity index (χ2v) is 3.34. The van der Waals surface area contributed by atoms with Crippen LogP contribution >= 0.6 is 15.9 Å². The van der Waals surface area contributed by atoms with Crippen molar-refractivity contribution in [2.45, 2.75) is 13.0 Å². The van der Waals surface area contributed by atoms with Crippen LogP contribution in [0.4, 0.5) is 8.78 Å². The molecule has 0 amide bonds. The van der Waals surface area contributed by atoms with Crippen LogP contribution in [0.15, 0.2) is 16.6 Å². The van der Waals surface area contributed by atoms with Crippen molar-refractivity contribution in [3.05, 3.63) is 33.8 Å². The largest absolute Gasteiger partial charge is 0.324 e. The van der Waals surface area contributed by atoms with Crippen molar-refractivity contribution in [2.75, 3.05) is 0 Å². The van der Waals surface area contributed by atoms with Crippen LogP contribution in [0.25, 0.3) is 0 Å². The molecule has 66 valence electrons. The van der Waals surface area contributed by atoms with E-state index in [2.05, 4.69) is 15.9 Å². The number of halogens is 3. The van der Waals surface area contributed by atoms with Crippen molar-refractivity contribution < 1.29 is 8.78 Å². The van der Waals surface area contributed by atoms with E-state index in [0.29, 0.717) is 0 Å². The first-order chi connectivity index (χ1) is 5.54. The lowest BCUT2D eigenvalue weighted by Gasteiger charge is -2.09. The van der Waals surface area contributed by atoms with Gasteiger partial charge in [-0.2, -0.15) is 0 Å². The maximum absolute atomic E-state index is 13.0. The molecule has 0 aliphatic rings. The van der Waals surface area contributed by atoms with E-state index in [1.807, 2.05) is 0 Å². The van der Waals surface area contributed by atoms with Gasteiger partial charge in [-0.25, -0.2) is 8.78 Å². The average Bonchev–Trinajstić information content (AvgIpc) is 1.97. The first-order valence-electron chi connectivity index (χ1n) is 3.43. The molecule has 1 rings (SSSR count). The van der Waals surface area contributed by atoms with Crippen molar-refractivity contribution >= 4 is 15.9 Å². The van der Waals surface area contributed by atoms with Crippen LogP contribution in [0.1, 0.15) is 18.5 Å². The average molecular weight is 236 g/mol. The van der Waals surface area contributed by atoms with Crippen LogP contribution in [-0.2, 0) is 0 Å². The van der Waals surface area contributed by atoms with Gasteiger partial charge >= 0.3 is 0 Å². The lowest BCUT2D eigenvalue weighted by molar-refractivity contribution is 0.565. The number of nitrogens with two attached hydrogens (primary N) is 1. The Bertz CT molecular complexity index is 299. The fourth-order valence-corrected chi connectivity index (χ4v) is 1.64. The Morgan fingerprint density at radius 3 is 2.25 bits per heavy atom. The molecule has 0 aliphatic heterocycles. The van der Waals surface area contributed by atoms with Crippen molar-refractivity contribution in [1.82, 2.24) is 0 Å². The quantitative estimate of drug-likeness (QED) is 0.745. The van der Waals surface area contributed by atoms with E-state index < -0.39 is 17.7 Å². The monoisotopic (exact) mass is 235 g/mol. The predicted molar refractivity (Wildman–Crippen MR) is 46.7 cm³/mol. The molecule has 0 saturated heterocycles. The molecule has 1 unspecified atom stereocenters. The Balaban J connectivity index is 3.33. The second kappa shape index (κ2) is 3.49. The molecule has 0 aromatic heterocycles. The van der Waals surface area contributed by atoms with Crippen molar-refractivity contribution in [3.8, 4) is 0 Å². The smallest absolute Gasteiger partial charge is 0.137 e. The van der Waals surface area contributed by atoms with E-state index in [9.17, 15) is 8.78 Å². The molecule has 2 N–H and O–H groups in total. The van der Waals surface area contributed by atoms with Gasteiger partial charge in [0.25, 0.3) is 0 Å². The van der Waals surface area contributed by atoms with Crippen LogP contribution in [0, 0.1) is 11.6 Å². The van der Waals surface area contributed by atoms with E-state index >= 15 is 0 Å². The first-order valence-corrected chi connectivity index (χ1v) is 4.22. The van der Waals surface area contributed by atoms with Crippen LogP contribution in [0.2, 0.25) is 0 Å². The highest BCUT2D eigenvalue weighted by atomic mass is 79.9. The van der Waals surface area contributed by atoms with E-state index in [-0.39, 0.29) is 10.0 Å². The minimum atomic E-state index is -0.518. The van der Waals surface area contributed by atoms with Gasteiger partial charge < -0.3 is 5.73 Å². The zero-order chi connectivity index (χ0) is 9.30. The Morgan fingerprint density at radius 2 is 1.83 bits per heavy atom. The fourth-order valence-electron chi connectivity index (χ4n) is 0.960. The molecule has 0 aliphatic carbocycles. The molecule has 0 radical (unpaired) electrons. The molecule has 0 spiro atoms. The van der Waals surface area contributed by atoms with Crippen molar-refractivity contribution in [1.29, 1.82) is 0 Å². The molecular formula is C8H8BrF2N. The maximum atomic E-state index is 13.0. The van der Waals surface area contributed by atoms with Crippen molar-refractivity contribution in [3.63, 3.8) is 0 Å². The normalized spacial score (nSPS) is 13.1. The van der Waals surface area contributed by atoms with E-state index in [1.54, 1.807) is 6.92 Å². The third kappa shape index (κ3) is 1.64. The summed E-state index contributed by atoms with van der Waals surface area (Å²) in [6.07, 6.45) is 0. The number of hydrogen-bond donors (Lipinski definition) is 1. The molecule has 1 atom stereocenters. The summed E-state index contributed by atoms with van der Waals surface area (Å²) in [5.74, 6) is -0.984. The molecule has 1 nitrogen and oxygen atoms in total. The zero-order valence-electron chi connectivity index (χ0n) is 6.44. The second-order valence-electron chi connectivity index (χ2n) is 2.55. The zero-order valence-corrected chi connectivity index (χ0v) is 8.03. The number of hydrogen-bond acceptors (Lipinski definition) is 1. The van der Waals surface area contributed by atoms with Gasteiger partial charge in [-0.05, 0) is 35.0 Å². The highest BCUT2D eigenvalue weighted by molar-refractivity contribution is 9.10. The van der Waals surface area contributed by atoms with Crippen LogP contribution in [0.3, 0.4) is 0 Å². The maximum Gasteiger partial charge on any atom is 0.137 e. The summed E-state index contributed by atoms with van der Waals surface area (Å²) in [7, 11) is 0. The summed E-state index contributed by atoms with van der Waals surface area (Å²) in [5.41, 5.74) is 5.62. The van der Waals surface area contributed by atoms with E-state index in [4.69, 9.17) is 5.73 Å². The molecule has 4 heteroatoms. The number of rotatable bonds is 1. The SMILES string of the molecule is CC(N)c1c(F)ccc(F)c1Br. The lowest BCUT2D eigenvalue weighted by atomic mass is 10.1. The molecule has 0 saturated carbocycles. The van der Waals surface area contributed by atoms with Gasteiger partial charge in [0.1, 0.15) is 11.6 Å². The lowest BCUT2D eigenvalue weighted by Crippen LogP contribution is -2.09. The Morgan fingerprint density at radius 1 is 1.33 bits per heavy atom. The molecule has 0 bridgehead atoms. The van der Waals surface area contributed by atoms with Gasteiger partial charge in [0.15, 0.2) is 0 Å². The minimum absolute atomic E-state index is 0.109. The molecular weight excluding hydrogens is 228 g/mol. The topological polar surface area (TPSA) is 26.0 Å². The van der Waals surface area contributed by atoms with Crippen LogP contribution in [-0.4, -0.2) is 0 Å². The summed E-state index contributed by atoms with van der Waals surface area (Å²) in [5, 5.41) is 0. The summed E-state index contributed by atoms with van der Waals surface area (Å²) in [6.45, 7) is 1.60. The first kappa shape index (κ1) is 9.61. The third-order valence-corrected chi connectivity index (χ3v) is 2.34. The van der Waals surface area contributed by atoms with Gasteiger partial charge in [-0.15, -0.1) is 0 Å². The fraction of sp³-hybridized carbons (Fsp3) is 0.250. The summed E-state index contributed by atoms with van der Waals surface area (Å²) in [4.78, 5) is 0. The van der Waals surface area contributed by atoms with Crippen LogP contribution < -0.4 is 5.73 Å². The summed E-state index contributed by atoms with van der Waals surface area (Å²) in [6, 6.07) is 1.61. The van der Waals surface area contributed by atoms with E-state index in [1.165, 1.54) is 0 Å². The Kier molecular flexibility index (Phi) is 2.80. The van der Waals surface area contributed by atoms with E-state index in [0.717, 1.165) is 12.1 Å².